The third-order valence-electron chi connectivity index (χ3n) is 2.22. The van der Waals surface area contributed by atoms with Crippen molar-refractivity contribution in [3.63, 3.8) is 0 Å². The summed E-state index contributed by atoms with van der Waals surface area (Å²) in [6.07, 6.45) is 0.397. The number of carbonyl (C=O) groups is 2. The standard InChI is InChI=1S/C10H10N4O5/c1-5(16)19-4-7-11-10-12-8(18-2)6(3-15)9(17)14(10)13-7/h3,17H,4H2,1-2H3. The fraction of sp³-hybridized carbons (Fsp3) is 0.300. The van der Waals surface area contributed by atoms with Crippen LogP contribution in [0.4, 0.5) is 0 Å². The number of aromatic nitrogens is 4. The van der Waals surface area contributed by atoms with Crippen LogP contribution in [0.3, 0.4) is 0 Å². The van der Waals surface area contributed by atoms with E-state index in [2.05, 4.69) is 15.1 Å². The normalized spacial score (nSPS) is 10.4. The summed E-state index contributed by atoms with van der Waals surface area (Å²) in [7, 11) is 1.31. The van der Waals surface area contributed by atoms with Gasteiger partial charge in [0, 0.05) is 6.92 Å². The summed E-state index contributed by atoms with van der Waals surface area (Å²) < 4.78 is 10.6. The Hall–Kier alpha value is -2.71. The molecular formula is C10H10N4O5. The molecular weight excluding hydrogens is 256 g/mol. The van der Waals surface area contributed by atoms with Crippen molar-refractivity contribution >= 4 is 18.0 Å². The van der Waals surface area contributed by atoms with Crippen molar-refractivity contribution in [3.8, 4) is 11.8 Å². The van der Waals surface area contributed by atoms with Gasteiger partial charge in [0.2, 0.25) is 11.8 Å². The van der Waals surface area contributed by atoms with Crippen LogP contribution in [0.25, 0.3) is 5.78 Å². The van der Waals surface area contributed by atoms with Crippen molar-refractivity contribution in [1.82, 2.24) is 19.6 Å². The molecule has 0 unspecified atom stereocenters. The Morgan fingerprint density at radius 1 is 1.47 bits per heavy atom. The average molecular weight is 266 g/mol. The van der Waals surface area contributed by atoms with Crippen molar-refractivity contribution in [2.45, 2.75) is 13.5 Å². The molecule has 0 aliphatic rings. The lowest BCUT2D eigenvalue weighted by atomic mass is 10.3. The molecule has 0 aliphatic carbocycles. The number of esters is 1. The molecule has 0 bridgehead atoms. The van der Waals surface area contributed by atoms with E-state index in [0.29, 0.717) is 6.29 Å². The predicted molar refractivity (Wildman–Crippen MR) is 59.9 cm³/mol. The lowest BCUT2D eigenvalue weighted by molar-refractivity contribution is -0.142. The molecule has 0 aliphatic heterocycles. The third-order valence-corrected chi connectivity index (χ3v) is 2.22. The van der Waals surface area contributed by atoms with Crippen molar-refractivity contribution < 1.29 is 24.2 Å². The molecule has 0 atom stereocenters. The highest BCUT2D eigenvalue weighted by Crippen LogP contribution is 2.24. The van der Waals surface area contributed by atoms with E-state index < -0.39 is 11.8 Å². The third kappa shape index (κ3) is 2.30. The fourth-order valence-electron chi connectivity index (χ4n) is 1.41. The summed E-state index contributed by atoms with van der Waals surface area (Å²) in [5.74, 6) is -0.822. The first-order chi connectivity index (χ1) is 9.06. The Morgan fingerprint density at radius 3 is 2.79 bits per heavy atom. The quantitative estimate of drug-likeness (QED) is 0.593. The first-order valence-electron chi connectivity index (χ1n) is 5.18. The second-order valence-electron chi connectivity index (χ2n) is 3.50. The summed E-state index contributed by atoms with van der Waals surface area (Å²) in [4.78, 5) is 29.4. The molecule has 0 saturated heterocycles. The van der Waals surface area contributed by atoms with Gasteiger partial charge in [-0.1, -0.05) is 0 Å². The summed E-state index contributed by atoms with van der Waals surface area (Å²) in [5, 5.41) is 13.7. The van der Waals surface area contributed by atoms with Gasteiger partial charge in [-0.25, -0.2) is 0 Å². The minimum Gasteiger partial charge on any atom is -0.493 e. The molecule has 1 N–H and O–H groups in total. The van der Waals surface area contributed by atoms with Crippen LogP contribution in [-0.4, -0.2) is 44.1 Å². The number of methoxy groups -OCH3 is 1. The number of ether oxygens (including phenoxy) is 2. The van der Waals surface area contributed by atoms with Gasteiger partial charge in [0.25, 0.3) is 5.78 Å². The minimum absolute atomic E-state index is 0.0297. The number of nitrogens with zero attached hydrogens (tertiary/aromatic N) is 4. The monoisotopic (exact) mass is 266 g/mol. The van der Waals surface area contributed by atoms with E-state index >= 15 is 0 Å². The van der Waals surface area contributed by atoms with E-state index in [1.807, 2.05) is 0 Å². The van der Waals surface area contributed by atoms with Crippen molar-refractivity contribution in [2.24, 2.45) is 0 Å². The zero-order valence-electron chi connectivity index (χ0n) is 10.2. The number of aldehydes is 1. The molecule has 9 heteroatoms. The number of hydrogen-bond donors (Lipinski definition) is 1. The molecule has 0 saturated carbocycles. The fourth-order valence-corrected chi connectivity index (χ4v) is 1.41. The van der Waals surface area contributed by atoms with Gasteiger partial charge in [0.05, 0.1) is 7.11 Å². The molecule has 0 spiro atoms. The van der Waals surface area contributed by atoms with Crippen molar-refractivity contribution in [2.75, 3.05) is 7.11 Å². The molecule has 0 radical (unpaired) electrons. The molecule has 2 aromatic rings. The van der Waals surface area contributed by atoms with Crippen LogP contribution in [-0.2, 0) is 16.1 Å². The van der Waals surface area contributed by atoms with E-state index in [4.69, 9.17) is 9.47 Å². The summed E-state index contributed by atoms with van der Waals surface area (Å²) in [5.41, 5.74) is -0.140. The largest absolute Gasteiger partial charge is 0.493 e. The SMILES string of the molecule is COc1nc2nc(COC(C)=O)nn2c(O)c1C=O. The molecule has 0 aromatic carbocycles. The van der Waals surface area contributed by atoms with Gasteiger partial charge in [0.15, 0.2) is 18.7 Å². The average Bonchev–Trinajstić information content (AvgIpc) is 2.79. The van der Waals surface area contributed by atoms with Crippen LogP contribution in [0.1, 0.15) is 23.1 Å². The van der Waals surface area contributed by atoms with Gasteiger partial charge >= 0.3 is 5.97 Å². The van der Waals surface area contributed by atoms with Crippen molar-refractivity contribution in [3.05, 3.63) is 11.4 Å². The highest BCUT2D eigenvalue weighted by Gasteiger charge is 2.18. The van der Waals surface area contributed by atoms with Crippen LogP contribution in [0, 0.1) is 0 Å². The Bertz CT molecular complexity index is 651. The Labute approximate surface area is 106 Å². The second kappa shape index (κ2) is 4.88. The molecule has 2 heterocycles. The molecule has 19 heavy (non-hydrogen) atoms. The number of aromatic hydroxyl groups is 1. The van der Waals surface area contributed by atoms with E-state index in [0.717, 1.165) is 4.52 Å². The summed E-state index contributed by atoms with van der Waals surface area (Å²) >= 11 is 0. The maximum atomic E-state index is 10.9. The van der Waals surface area contributed by atoms with Crippen LogP contribution < -0.4 is 4.74 Å². The van der Waals surface area contributed by atoms with Gasteiger partial charge in [-0.2, -0.15) is 14.5 Å². The highest BCUT2D eigenvalue weighted by atomic mass is 16.5. The van der Waals surface area contributed by atoms with Crippen LogP contribution >= 0.6 is 0 Å². The van der Waals surface area contributed by atoms with E-state index in [9.17, 15) is 14.7 Å². The number of fused-ring (bicyclic) bond motifs is 1. The highest BCUT2D eigenvalue weighted by molar-refractivity contribution is 5.82. The number of carbonyl (C=O) groups excluding carboxylic acids is 2. The lowest BCUT2D eigenvalue weighted by Crippen LogP contribution is -2.02. The van der Waals surface area contributed by atoms with Gasteiger partial charge < -0.3 is 14.6 Å². The predicted octanol–water partition coefficient (Wildman–Crippen LogP) is -0.286. The first-order valence-corrected chi connectivity index (χ1v) is 5.18. The zero-order chi connectivity index (χ0) is 14.0. The van der Waals surface area contributed by atoms with Crippen LogP contribution in [0.5, 0.6) is 11.8 Å². The maximum Gasteiger partial charge on any atom is 0.303 e. The lowest BCUT2D eigenvalue weighted by Gasteiger charge is -2.04. The Kier molecular flexibility index (Phi) is 3.27. The van der Waals surface area contributed by atoms with Gasteiger partial charge in [-0.3, -0.25) is 9.59 Å². The minimum atomic E-state index is -0.484. The number of rotatable bonds is 4. The molecule has 0 amide bonds. The summed E-state index contributed by atoms with van der Waals surface area (Å²) in [6.45, 7) is 1.09. The van der Waals surface area contributed by atoms with Gasteiger partial charge in [0.1, 0.15) is 5.56 Å². The second-order valence-corrected chi connectivity index (χ2v) is 3.50. The van der Waals surface area contributed by atoms with Crippen LogP contribution in [0.2, 0.25) is 0 Å². The zero-order valence-corrected chi connectivity index (χ0v) is 10.2. The topological polar surface area (TPSA) is 116 Å². The van der Waals surface area contributed by atoms with Gasteiger partial charge in [-0.15, -0.1) is 5.10 Å². The smallest absolute Gasteiger partial charge is 0.303 e. The molecule has 9 nitrogen and oxygen atoms in total. The molecule has 2 aromatic heterocycles. The number of hydrogen-bond acceptors (Lipinski definition) is 8. The summed E-state index contributed by atoms with van der Waals surface area (Å²) in [6, 6.07) is 0. The molecule has 0 fully saturated rings. The van der Waals surface area contributed by atoms with E-state index in [1.165, 1.54) is 14.0 Å². The van der Waals surface area contributed by atoms with E-state index in [-0.39, 0.29) is 29.7 Å². The Morgan fingerprint density at radius 2 is 2.21 bits per heavy atom. The van der Waals surface area contributed by atoms with Gasteiger partial charge in [-0.05, 0) is 0 Å². The molecule has 2 rings (SSSR count). The maximum absolute atomic E-state index is 10.9. The molecule has 100 valence electrons. The van der Waals surface area contributed by atoms with Crippen molar-refractivity contribution in [1.29, 1.82) is 0 Å². The Balaban J connectivity index is 2.50. The van der Waals surface area contributed by atoms with Crippen LogP contribution in [0.15, 0.2) is 0 Å². The van der Waals surface area contributed by atoms with E-state index in [1.54, 1.807) is 0 Å². The first kappa shape index (κ1) is 12.7.